The number of hydrogen-bond acceptors (Lipinski definition) is 3. The minimum absolute atomic E-state index is 0.250. The summed E-state index contributed by atoms with van der Waals surface area (Å²) in [6, 6.07) is 2.59. The third-order valence-corrected chi connectivity index (χ3v) is 3.62. The summed E-state index contributed by atoms with van der Waals surface area (Å²) in [6.07, 6.45) is 1.33. The van der Waals surface area contributed by atoms with Crippen LogP contribution in [-0.4, -0.2) is 19.7 Å². The Morgan fingerprint density at radius 1 is 1.69 bits per heavy atom. The van der Waals surface area contributed by atoms with Gasteiger partial charge in [-0.05, 0) is 31.0 Å². The van der Waals surface area contributed by atoms with Gasteiger partial charge in [0.1, 0.15) is 0 Å². The van der Waals surface area contributed by atoms with Crippen molar-refractivity contribution in [2.24, 2.45) is 0 Å². The zero-order chi connectivity index (χ0) is 9.26. The Balaban J connectivity index is 2.24. The van der Waals surface area contributed by atoms with E-state index in [4.69, 9.17) is 4.74 Å². The predicted molar refractivity (Wildman–Crippen MR) is 55.2 cm³/mol. The van der Waals surface area contributed by atoms with E-state index in [0.29, 0.717) is 6.04 Å². The predicted octanol–water partition coefficient (Wildman–Crippen LogP) is 1.97. The van der Waals surface area contributed by atoms with Crippen LogP contribution in [0.15, 0.2) is 11.4 Å². The minimum Gasteiger partial charge on any atom is -0.371 e. The molecule has 2 rings (SSSR count). The lowest BCUT2D eigenvalue weighted by molar-refractivity contribution is 0.0227. The molecule has 1 aliphatic rings. The van der Waals surface area contributed by atoms with Crippen LogP contribution in [0.4, 0.5) is 0 Å². The number of thiophene rings is 1. The van der Waals surface area contributed by atoms with Crippen LogP contribution in [0.1, 0.15) is 23.5 Å². The lowest BCUT2D eigenvalue weighted by Gasteiger charge is -2.28. The third-order valence-electron chi connectivity index (χ3n) is 2.62. The van der Waals surface area contributed by atoms with Gasteiger partial charge in [-0.15, -0.1) is 11.3 Å². The van der Waals surface area contributed by atoms with Crippen LogP contribution in [0.2, 0.25) is 0 Å². The van der Waals surface area contributed by atoms with E-state index in [-0.39, 0.29) is 6.10 Å². The molecule has 0 saturated heterocycles. The summed E-state index contributed by atoms with van der Waals surface area (Å²) >= 11 is 1.85. The molecule has 2 atom stereocenters. The van der Waals surface area contributed by atoms with Crippen LogP contribution in [-0.2, 0) is 11.2 Å². The van der Waals surface area contributed by atoms with Gasteiger partial charge in [0.05, 0.1) is 12.7 Å². The first-order valence-electron chi connectivity index (χ1n) is 4.68. The van der Waals surface area contributed by atoms with E-state index in [9.17, 15) is 0 Å². The smallest absolute Gasteiger partial charge is 0.0985 e. The van der Waals surface area contributed by atoms with Gasteiger partial charge in [0.25, 0.3) is 0 Å². The molecule has 1 N–H and O–H groups in total. The summed E-state index contributed by atoms with van der Waals surface area (Å²) in [6.45, 7) is 3.03. The molecule has 0 spiro atoms. The Kier molecular flexibility index (Phi) is 2.67. The van der Waals surface area contributed by atoms with Crippen LogP contribution in [0.3, 0.4) is 0 Å². The zero-order valence-corrected chi connectivity index (χ0v) is 8.86. The monoisotopic (exact) mass is 197 g/mol. The number of ether oxygens (including phenoxy) is 1. The van der Waals surface area contributed by atoms with E-state index in [1.807, 2.05) is 18.4 Å². The van der Waals surface area contributed by atoms with Crippen LogP contribution in [0.5, 0.6) is 0 Å². The highest BCUT2D eigenvalue weighted by molar-refractivity contribution is 7.10. The summed E-state index contributed by atoms with van der Waals surface area (Å²) in [5.41, 5.74) is 1.39. The lowest BCUT2D eigenvalue weighted by atomic mass is 10.0. The second kappa shape index (κ2) is 3.78. The van der Waals surface area contributed by atoms with Gasteiger partial charge in [-0.25, -0.2) is 0 Å². The van der Waals surface area contributed by atoms with Crippen molar-refractivity contribution in [3.05, 3.63) is 21.9 Å². The molecule has 2 nitrogen and oxygen atoms in total. The van der Waals surface area contributed by atoms with E-state index >= 15 is 0 Å². The van der Waals surface area contributed by atoms with E-state index < -0.39 is 0 Å². The molecule has 1 aromatic heterocycles. The van der Waals surface area contributed by atoms with Crippen LogP contribution >= 0.6 is 11.3 Å². The number of fused-ring (bicyclic) bond motifs is 1. The quantitative estimate of drug-likeness (QED) is 0.782. The van der Waals surface area contributed by atoms with Crippen LogP contribution < -0.4 is 5.32 Å². The second-order valence-corrected chi connectivity index (χ2v) is 4.42. The Bertz CT molecular complexity index is 284. The van der Waals surface area contributed by atoms with E-state index in [1.165, 1.54) is 10.4 Å². The summed E-state index contributed by atoms with van der Waals surface area (Å²) in [5, 5.41) is 5.41. The molecule has 0 bridgehead atoms. The fraction of sp³-hybridized carbons (Fsp3) is 0.600. The molecule has 1 aromatic rings. The number of rotatable bonds is 2. The third kappa shape index (κ3) is 1.64. The summed E-state index contributed by atoms with van der Waals surface area (Å²) in [4.78, 5) is 1.50. The highest BCUT2D eigenvalue weighted by Gasteiger charge is 2.25. The lowest BCUT2D eigenvalue weighted by Crippen LogP contribution is -2.33. The second-order valence-electron chi connectivity index (χ2n) is 3.42. The van der Waals surface area contributed by atoms with Crippen molar-refractivity contribution in [2.45, 2.75) is 25.5 Å². The molecule has 0 radical (unpaired) electrons. The molecule has 0 aliphatic carbocycles. The normalized spacial score (nSPS) is 24.0. The van der Waals surface area contributed by atoms with Crippen molar-refractivity contribution in [3.8, 4) is 0 Å². The van der Waals surface area contributed by atoms with Gasteiger partial charge in [-0.3, -0.25) is 0 Å². The largest absolute Gasteiger partial charge is 0.371 e. The number of hydrogen-bond donors (Lipinski definition) is 1. The van der Waals surface area contributed by atoms with Gasteiger partial charge in [-0.1, -0.05) is 0 Å². The van der Waals surface area contributed by atoms with Crippen molar-refractivity contribution < 1.29 is 4.74 Å². The van der Waals surface area contributed by atoms with Crippen molar-refractivity contribution in [1.82, 2.24) is 5.32 Å². The van der Waals surface area contributed by atoms with E-state index in [0.717, 1.165) is 13.0 Å². The highest BCUT2D eigenvalue weighted by atomic mass is 32.1. The van der Waals surface area contributed by atoms with Crippen molar-refractivity contribution in [3.63, 3.8) is 0 Å². The molecule has 1 unspecified atom stereocenters. The molecule has 0 aromatic carbocycles. The maximum Gasteiger partial charge on any atom is 0.0985 e. The topological polar surface area (TPSA) is 21.3 Å². The minimum atomic E-state index is 0.250. The van der Waals surface area contributed by atoms with Gasteiger partial charge in [0.15, 0.2) is 0 Å². The number of likely N-dealkylation sites (N-methyl/N-ethyl adjacent to an activating group) is 1. The summed E-state index contributed by atoms with van der Waals surface area (Å²) in [5.74, 6) is 0. The van der Waals surface area contributed by atoms with Gasteiger partial charge in [0.2, 0.25) is 0 Å². The highest BCUT2D eigenvalue weighted by Crippen LogP contribution is 2.32. The van der Waals surface area contributed by atoms with Gasteiger partial charge in [0, 0.05) is 17.3 Å². The number of nitrogens with one attached hydrogen (secondary N) is 1. The van der Waals surface area contributed by atoms with Crippen LogP contribution in [0.25, 0.3) is 0 Å². The van der Waals surface area contributed by atoms with Crippen LogP contribution in [0, 0.1) is 0 Å². The standard InChI is InChI=1S/C10H15NOS/c1-7(11-2)10-8-4-6-13-9(8)3-5-12-10/h4,6-7,10-11H,3,5H2,1-2H3/t7?,10-/m0/s1. The van der Waals surface area contributed by atoms with Gasteiger partial charge >= 0.3 is 0 Å². The molecular formula is C10H15NOS. The summed E-state index contributed by atoms with van der Waals surface area (Å²) in [7, 11) is 1.98. The molecule has 0 fully saturated rings. The Morgan fingerprint density at radius 3 is 3.31 bits per heavy atom. The molecule has 0 saturated carbocycles. The molecule has 72 valence electrons. The van der Waals surface area contributed by atoms with E-state index in [2.05, 4.69) is 23.7 Å². The Morgan fingerprint density at radius 2 is 2.54 bits per heavy atom. The summed E-state index contributed by atoms with van der Waals surface area (Å²) < 4.78 is 5.76. The first kappa shape index (κ1) is 9.19. The average molecular weight is 197 g/mol. The average Bonchev–Trinajstić information content (AvgIpc) is 2.63. The molecular weight excluding hydrogens is 182 g/mol. The zero-order valence-electron chi connectivity index (χ0n) is 8.04. The maximum absolute atomic E-state index is 5.76. The SMILES string of the molecule is CNC(C)[C@@H]1OCCc2sccc21. The fourth-order valence-electron chi connectivity index (χ4n) is 1.74. The first-order valence-corrected chi connectivity index (χ1v) is 5.56. The van der Waals surface area contributed by atoms with Crippen molar-refractivity contribution in [2.75, 3.05) is 13.7 Å². The molecule has 1 aliphatic heterocycles. The van der Waals surface area contributed by atoms with Crippen molar-refractivity contribution in [1.29, 1.82) is 0 Å². The Hall–Kier alpha value is -0.380. The van der Waals surface area contributed by atoms with Gasteiger partial charge in [-0.2, -0.15) is 0 Å². The Labute approximate surface area is 82.9 Å². The first-order chi connectivity index (χ1) is 6.33. The molecule has 13 heavy (non-hydrogen) atoms. The van der Waals surface area contributed by atoms with Gasteiger partial charge < -0.3 is 10.1 Å². The maximum atomic E-state index is 5.76. The fourth-order valence-corrected chi connectivity index (χ4v) is 2.64. The molecule has 3 heteroatoms. The van der Waals surface area contributed by atoms with E-state index in [1.54, 1.807) is 0 Å². The molecule has 2 heterocycles. The molecule has 0 amide bonds. The van der Waals surface area contributed by atoms with Crippen molar-refractivity contribution >= 4 is 11.3 Å².